The lowest BCUT2D eigenvalue weighted by Crippen LogP contribution is -2.30. The smallest absolute Gasteiger partial charge is 0.231 e. The van der Waals surface area contributed by atoms with Crippen LogP contribution in [-0.2, 0) is 6.42 Å². The van der Waals surface area contributed by atoms with Gasteiger partial charge in [-0.2, -0.15) is 0 Å². The highest BCUT2D eigenvalue weighted by molar-refractivity contribution is 5.85. The summed E-state index contributed by atoms with van der Waals surface area (Å²) in [6.07, 6.45) is 0.975. The van der Waals surface area contributed by atoms with Crippen molar-refractivity contribution in [2.45, 2.75) is 26.3 Å². The van der Waals surface area contributed by atoms with Gasteiger partial charge < -0.3 is 24.3 Å². The number of benzene rings is 2. The first-order chi connectivity index (χ1) is 12.3. The second kappa shape index (κ2) is 8.06. The van der Waals surface area contributed by atoms with E-state index in [2.05, 4.69) is 29.6 Å². The normalized spacial score (nSPS) is 17.2. The van der Waals surface area contributed by atoms with Crippen LogP contribution in [0.5, 0.6) is 23.0 Å². The Kier molecular flexibility index (Phi) is 5.79. The second-order valence-electron chi connectivity index (χ2n) is 6.11. The average Bonchev–Trinajstić information content (AvgIpc) is 3.10. The Morgan fingerprint density at radius 3 is 2.50 bits per heavy atom. The van der Waals surface area contributed by atoms with E-state index in [9.17, 15) is 0 Å². The maximum absolute atomic E-state index is 5.82. The van der Waals surface area contributed by atoms with Crippen molar-refractivity contribution in [2.75, 3.05) is 26.6 Å². The monoisotopic (exact) mass is 377 g/mol. The van der Waals surface area contributed by atoms with Gasteiger partial charge in [-0.3, -0.25) is 0 Å². The molecule has 1 unspecified atom stereocenters. The largest absolute Gasteiger partial charge is 0.490 e. The molecule has 6 heteroatoms. The van der Waals surface area contributed by atoms with E-state index in [4.69, 9.17) is 18.9 Å². The lowest BCUT2D eigenvalue weighted by Gasteiger charge is -2.29. The molecular weight excluding hydrogens is 354 g/mol. The first-order valence-electron chi connectivity index (χ1n) is 8.85. The van der Waals surface area contributed by atoms with Gasteiger partial charge in [-0.15, -0.1) is 12.4 Å². The third-order valence-corrected chi connectivity index (χ3v) is 4.59. The fraction of sp³-hybridized carbons (Fsp3) is 0.400. The zero-order valence-corrected chi connectivity index (χ0v) is 15.9. The number of ether oxygens (including phenoxy) is 4. The van der Waals surface area contributed by atoms with Crippen LogP contribution in [0.3, 0.4) is 0 Å². The molecule has 0 saturated heterocycles. The van der Waals surface area contributed by atoms with E-state index in [1.807, 2.05) is 19.9 Å². The van der Waals surface area contributed by atoms with Gasteiger partial charge >= 0.3 is 0 Å². The lowest BCUT2D eigenvalue weighted by atomic mass is 9.89. The molecule has 0 saturated carbocycles. The summed E-state index contributed by atoms with van der Waals surface area (Å²) in [5.74, 6) is 3.25. The van der Waals surface area contributed by atoms with Crippen LogP contribution >= 0.6 is 12.4 Å². The minimum Gasteiger partial charge on any atom is -0.490 e. The van der Waals surface area contributed by atoms with Gasteiger partial charge in [0.05, 0.1) is 19.3 Å². The van der Waals surface area contributed by atoms with Crippen LogP contribution in [0.2, 0.25) is 0 Å². The Balaban J connectivity index is 0.00000196. The van der Waals surface area contributed by atoms with Gasteiger partial charge in [-0.25, -0.2) is 0 Å². The summed E-state index contributed by atoms with van der Waals surface area (Å²) >= 11 is 0. The molecule has 26 heavy (non-hydrogen) atoms. The number of hydrogen-bond acceptors (Lipinski definition) is 5. The summed E-state index contributed by atoms with van der Waals surface area (Å²) in [5, 5.41) is 3.61. The minimum absolute atomic E-state index is 0. The van der Waals surface area contributed by atoms with E-state index in [1.54, 1.807) is 0 Å². The van der Waals surface area contributed by atoms with E-state index < -0.39 is 0 Å². The lowest BCUT2D eigenvalue weighted by molar-refractivity contribution is 0.174. The van der Waals surface area contributed by atoms with Crippen LogP contribution in [0.25, 0.3) is 0 Å². The van der Waals surface area contributed by atoms with E-state index in [-0.39, 0.29) is 18.4 Å². The molecule has 5 nitrogen and oxygen atoms in total. The van der Waals surface area contributed by atoms with Crippen LogP contribution in [0.4, 0.5) is 0 Å². The van der Waals surface area contributed by atoms with Crippen molar-refractivity contribution in [3.8, 4) is 23.0 Å². The molecule has 0 aromatic heterocycles. The van der Waals surface area contributed by atoms with Crippen molar-refractivity contribution in [3.05, 3.63) is 47.0 Å². The number of rotatable bonds is 5. The molecule has 2 aliphatic rings. The molecule has 2 aromatic carbocycles. The van der Waals surface area contributed by atoms with Crippen molar-refractivity contribution in [1.82, 2.24) is 5.32 Å². The predicted octanol–water partition coefficient (Wildman–Crippen LogP) is 3.87. The molecule has 0 aliphatic carbocycles. The Labute approximate surface area is 160 Å². The van der Waals surface area contributed by atoms with Gasteiger partial charge in [0.15, 0.2) is 23.0 Å². The Bertz CT molecular complexity index is 781. The number of halogens is 1. The molecule has 4 rings (SSSR count). The Morgan fingerprint density at radius 2 is 1.73 bits per heavy atom. The maximum Gasteiger partial charge on any atom is 0.231 e. The Morgan fingerprint density at radius 1 is 1.00 bits per heavy atom. The molecule has 2 aliphatic heterocycles. The standard InChI is InChI=1S/C20H23NO4.ClH/c1-3-22-18-9-13-7-8-21-20(15(13)11-19(18)23-4-2)14-5-6-16-17(10-14)25-12-24-16;/h5-6,9-11,20-21H,3-4,7-8,12H2,1-2H3;1H. The molecule has 0 fully saturated rings. The van der Waals surface area contributed by atoms with E-state index >= 15 is 0 Å². The minimum atomic E-state index is 0. The molecule has 0 bridgehead atoms. The van der Waals surface area contributed by atoms with Gasteiger partial charge in [0.2, 0.25) is 6.79 Å². The summed E-state index contributed by atoms with van der Waals surface area (Å²) in [5.41, 5.74) is 3.70. The molecule has 0 amide bonds. The van der Waals surface area contributed by atoms with Gasteiger partial charge in [-0.1, -0.05) is 6.07 Å². The summed E-state index contributed by atoms with van der Waals surface area (Å²) in [7, 11) is 0. The number of fused-ring (bicyclic) bond motifs is 2. The van der Waals surface area contributed by atoms with Crippen LogP contribution in [0.15, 0.2) is 30.3 Å². The molecule has 2 aromatic rings. The van der Waals surface area contributed by atoms with Gasteiger partial charge in [-0.05, 0) is 61.2 Å². The third-order valence-electron chi connectivity index (χ3n) is 4.59. The first-order valence-corrected chi connectivity index (χ1v) is 8.85. The van der Waals surface area contributed by atoms with E-state index in [0.717, 1.165) is 41.5 Å². The van der Waals surface area contributed by atoms with Crippen LogP contribution < -0.4 is 24.3 Å². The van der Waals surface area contributed by atoms with Crippen molar-refractivity contribution in [2.24, 2.45) is 0 Å². The average molecular weight is 378 g/mol. The molecule has 1 N–H and O–H groups in total. The fourth-order valence-corrected chi connectivity index (χ4v) is 3.49. The summed E-state index contributed by atoms with van der Waals surface area (Å²) in [4.78, 5) is 0. The SMILES string of the molecule is CCOc1cc2c(cc1OCC)C(c1ccc3c(c1)OCO3)NCC2.Cl. The van der Waals surface area contributed by atoms with Crippen molar-refractivity contribution in [3.63, 3.8) is 0 Å². The van der Waals surface area contributed by atoms with Crippen LogP contribution in [-0.4, -0.2) is 26.6 Å². The molecule has 0 radical (unpaired) electrons. The quantitative estimate of drug-likeness (QED) is 0.857. The number of nitrogens with one attached hydrogen (secondary N) is 1. The second-order valence-corrected chi connectivity index (χ2v) is 6.11. The fourth-order valence-electron chi connectivity index (χ4n) is 3.49. The summed E-state index contributed by atoms with van der Waals surface area (Å²) < 4.78 is 22.6. The molecule has 1 atom stereocenters. The van der Waals surface area contributed by atoms with Crippen molar-refractivity contribution >= 4 is 12.4 Å². The summed E-state index contributed by atoms with van der Waals surface area (Å²) in [6.45, 7) is 6.43. The van der Waals surface area contributed by atoms with Crippen LogP contribution in [0, 0.1) is 0 Å². The summed E-state index contributed by atoms with van der Waals surface area (Å²) in [6, 6.07) is 10.5. The van der Waals surface area contributed by atoms with E-state index in [1.165, 1.54) is 11.1 Å². The molecule has 140 valence electrons. The highest BCUT2D eigenvalue weighted by atomic mass is 35.5. The maximum atomic E-state index is 5.82. The first kappa shape index (κ1) is 18.7. The number of hydrogen-bond donors (Lipinski definition) is 1. The Hall–Kier alpha value is -2.11. The topological polar surface area (TPSA) is 49.0 Å². The van der Waals surface area contributed by atoms with Crippen LogP contribution in [0.1, 0.15) is 36.6 Å². The third kappa shape index (κ3) is 3.41. The van der Waals surface area contributed by atoms with Gasteiger partial charge in [0.1, 0.15) is 0 Å². The van der Waals surface area contributed by atoms with Gasteiger partial charge in [0.25, 0.3) is 0 Å². The predicted molar refractivity (Wildman–Crippen MR) is 102 cm³/mol. The van der Waals surface area contributed by atoms with E-state index in [0.29, 0.717) is 20.0 Å². The van der Waals surface area contributed by atoms with Crippen molar-refractivity contribution in [1.29, 1.82) is 0 Å². The highest BCUT2D eigenvalue weighted by Gasteiger charge is 2.26. The van der Waals surface area contributed by atoms with Crippen molar-refractivity contribution < 1.29 is 18.9 Å². The molecular formula is C20H24ClNO4. The van der Waals surface area contributed by atoms with Gasteiger partial charge in [0, 0.05) is 6.54 Å². The molecule has 0 spiro atoms. The molecule has 2 heterocycles. The zero-order valence-electron chi connectivity index (χ0n) is 15.0. The highest BCUT2D eigenvalue weighted by Crippen LogP contribution is 2.40. The zero-order chi connectivity index (χ0) is 17.2.